The van der Waals surface area contributed by atoms with Crippen LogP contribution in [0.4, 0.5) is 17.1 Å². The summed E-state index contributed by atoms with van der Waals surface area (Å²) in [7, 11) is 0. The molecule has 190 valence electrons. The van der Waals surface area contributed by atoms with E-state index in [4.69, 9.17) is 0 Å². The van der Waals surface area contributed by atoms with Gasteiger partial charge < -0.3 is 4.90 Å². The molecule has 5 rings (SSSR count). The highest BCUT2D eigenvalue weighted by Gasteiger charge is 2.23. The first-order valence-electron chi connectivity index (χ1n) is 13.3. The van der Waals surface area contributed by atoms with E-state index in [9.17, 15) is 0 Å². The van der Waals surface area contributed by atoms with Gasteiger partial charge in [0.25, 0.3) is 0 Å². The Bertz CT molecular complexity index is 1490. The minimum atomic E-state index is 0.125. The molecule has 0 bridgehead atoms. The molecule has 0 unspecified atom stereocenters. The third-order valence-electron chi connectivity index (χ3n) is 7.33. The van der Waals surface area contributed by atoms with Crippen molar-refractivity contribution in [1.82, 2.24) is 0 Å². The van der Waals surface area contributed by atoms with Crippen LogP contribution < -0.4 is 4.90 Å². The molecule has 0 saturated carbocycles. The van der Waals surface area contributed by atoms with Crippen molar-refractivity contribution in [2.24, 2.45) is 5.41 Å². The first-order valence-corrected chi connectivity index (χ1v) is 14.2. The quantitative estimate of drug-likeness (QED) is 0.268. The zero-order valence-corrected chi connectivity index (χ0v) is 24.4. The Hall–Kier alpha value is -3.10. The summed E-state index contributed by atoms with van der Waals surface area (Å²) in [5.41, 5.74) is 10.7. The minimum Gasteiger partial charge on any atom is -0.309 e. The maximum absolute atomic E-state index is 2.45. The molecule has 4 aromatic rings. The van der Waals surface area contributed by atoms with Crippen LogP contribution in [0.3, 0.4) is 0 Å². The van der Waals surface area contributed by atoms with Crippen molar-refractivity contribution >= 4 is 44.6 Å². The van der Waals surface area contributed by atoms with Gasteiger partial charge in [0.15, 0.2) is 0 Å². The Morgan fingerprint density at radius 3 is 2.03 bits per heavy atom. The Kier molecular flexibility index (Phi) is 6.44. The van der Waals surface area contributed by atoms with Crippen LogP contribution in [0, 0.1) is 19.3 Å². The summed E-state index contributed by atoms with van der Waals surface area (Å²) in [6.07, 6.45) is 8.07. The summed E-state index contributed by atoms with van der Waals surface area (Å²) in [5.74, 6) is 0. The van der Waals surface area contributed by atoms with E-state index in [0.29, 0.717) is 0 Å². The predicted molar refractivity (Wildman–Crippen MR) is 165 cm³/mol. The van der Waals surface area contributed by atoms with Gasteiger partial charge in [-0.15, -0.1) is 11.3 Å². The average Bonchev–Trinajstić information content (AvgIpc) is 3.01. The van der Waals surface area contributed by atoms with Crippen molar-refractivity contribution in [3.8, 4) is 0 Å². The van der Waals surface area contributed by atoms with Crippen LogP contribution in [0.25, 0.3) is 16.2 Å². The topological polar surface area (TPSA) is 3.24 Å². The Labute approximate surface area is 227 Å². The van der Waals surface area contributed by atoms with Gasteiger partial charge >= 0.3 is 0 Å². The Balaban J connectivity index is 1.69. The standard InChI is InChI=1S/C35H39NS/c1-23-20-24(2)22-28(21-23)36(27-16-12-25(13-17-27)34(3,4)5)31-11-9-10-30-29-18-14-26(35(6,7)8)15-19-32(29)37-33(30)31/h9-17,19-22H,18H2,1-8H3. The fourth-order valence-corrected chi connectivity index (χ4v) is 6.55. The monoisotopic (exact) mass is 505 g/mol. The van der Waals surface area contributed by atoms with E-state index in [1.807, 2.05) is 11.3 Å². The largest absolute Gasteiger partial charge is 0.309 e. The predicted octanol–water partition coefficient (Wildman–Crippen LogP) is 10.8. The zero-order valence-electron chi connectivity index (χ0n) is 23.6. The Morgan fingerprint density at radius 1 is 0.730 bits per heavy atom. The molecular weight excluding hydrogens is 466 g/mol. The van der Waals surface area contributed by atoms with Gasteiger partial charge in [-0.3, -0.25) is 0 Å². The molecule has 0 aliphatic heterocycles. The highest BCUT2D eigenvalue weighted by atomic mass is 32.1. The third-order valence-corrected chi connectivity index (χ3v) is 8.57. The highest BCUT2D eigenvalue weighted by molar-refractivity contribution is 7.20. The maximum atomic E-state index is 2.45. The van der Waals surface area contributed by atoms with Gasteiger partial charge in [0.2, 0.25) is 0 Å². The summed E-state index contributed by atoms with van der Waals surface area (Å²) >= 11 is 1.92. The summed E-state index contributed by atoms with van der Waals surface area (Å²) in [6, 6.07) is 22.8. The number of hydrogen-bond acceptors (Lipinski definition) is 2. The lowest BCUT2D eigenvalue weighted by Gasteiger charge is -2.28. The summed E-state index contributed by atoms with van der Waals surface area (Å²) < 4.78 is 1.35. The normalized spacial score (nSPS) is 13.9. The molecule has 0 fully saturated rings. The number of hydrogen-bond donors (Lipinski definition) is 0. The number of thiophene rings is 1. The minimum absolute atomic E-state index is 0.125. The lowest BCUT2D eigenvalue weighted by atomic mass is 9.86. The van der Waals surface area contributed by atoms with Crippen molar-refractivity contribution in [2.45, 2.75) is 67.2 Å². The Morgan fingerprint density at radius 2 is 1.41 bits per heavy atom. The molecule has 0 atom stereocenters. The van der Waals surface area contributed by atoms with E-state index in [0.717, 1.165) is 6.42 Å². The second kappa shape index (κ2) is 9.33. The number of rotatable bonds is 3. The van der Waals surface area contributed by atoms with E-state index in [-0.39, 0.29) is 10.8 Å². The van der Waals surface area contributed by atoms with Crippen molar-refractivity contribution in [2.75, 3.05) is 4.90 Å². The summed E-state index contributed by atoms with van der Waals surface area (Å²) in [5, 5.41) is 1.37. The molecule has 1 aliphatic rings. The molecule has 1 aliphatic carbocycles. The van der Waals surface area contributed by atoms with Crippen LogP contribution in [0.5, 0.6) is 0 Å². The highest BCUT2D eigenvalue weighted by Crippen LogP contribution is 2.46. The number of allylic oxidation sites excluding steroid dienone is 3. The number of fused-ring (bicyclic) bond motifs is 3. The van der Waals surface area contributed by atoms with Crippen molar-refractivity contribution in [1.29, 1.82) is 0 Å². The molecular formula is C35H39NS. The number of anilines is 3. The second-order valence-corrected chi connectivity index (χ2v) is 13.6. The molecule has 1 nitrogen and oxygen atoms in total. The fraction of sp³-hybridized carbons (Fsp3) is 0.314. The van der Waals surface area contributed by atoms with E-state index in [1.165, 1.54) is 59.9 Å². The zero-order chi connectivity index (χ0) is 26.5. The van der Waals surface area contributed by atoms with Crippen LogP contribution in [-0.4, -0.2) is 0 Å². The van der Waals surface area contributed by atoms with Gasteiger partial charge in [0.05, 0.1) is 10.4 Å². The van der Waals surface area contributed by atoms with Gasteiger partial charge in [-0.25, -0.2) is 0 Å². The molecule has 0 radical (unpaired) electrons. The molecule has 37 heavy (non-hydrogen) atoms. The first kappa shape index (κ1) is 25.5. The van der Waals surface area contributed by atoms with E-state index in [1.54, 1.807) is 0 Å². The molecule has 1 aromatic heterocycles. The number of benzene rings is 3. The molecule has 1 heterocycles. The van der Waals surface area contributed by atoms with E-state index in [2.05, 4.69) is 139 Å². The van der Waals surface area contributed by atoms with E-state index < -0.39 is 0 Å². The molecule has 3 aromatic carbocycles. The fourth-order valence-electron chi connectivity index (χ4n) is 5.31. The van der Waals surface area contributed by atoms with Crippen LogP contribution in [0.15, 0.2) is 78.4 Å². The van der Waals surface area contributed by atoms with Crippen molar-refractivity contribution in [3.05, 3.63) is 106 Å². The van der Waals surface area contributed by atoms with Crippen LogP contribution in [-0.2, 0) is 11.8 Å². The first-order chi connectivity index (χ1) is 17.4. The second-order valence-electron chi connectivity index (χ2n) is 12.5. The lowest BCUT2D eigenvalue weighted by molar-refractivity contribution is 0.516. The van der Waals surface area contributed by atoms with Crippen LogP contribution in [0.1, 0.15) is 68.7 Å². The SMILES string of the molecule is Cc1cc(C)cc(N(c2ccc(C(C)(C)C)cc2)c2cccc3c4c(sc23)C=CC(C(C)(C)C)=CC4)c1. The van der Waals surface area contributed by atoms with Gasteiger partial charge in [0, 0.05) is 16.3 Å². The lowest BCUT2D eigenvalue weighted by Crippen LogP contribution is -2.13. The maximum Gasteiger partial charge on any atom is 0.0640 e. The van der Waals surface area contributed by atoms with Crippen molar-refractivity contribution in [3.63, 3.8) is 0 Å². The molecule has 0 spiro atoms. The number of nitrogens with zero attached hydrogens (tertiary/aromatic N) is 1. The molecule has 0 saturated heterocycles. The van der Waals surface area contributed by atoms with Gasteiger partial charge in [-0.05, 0) is 101 Å². The number of aryl methyl sites for hydroxylation is 2. The van der Waals surface area contributed by atoms with Gasteiger partial charge in [-0.1, -0.05) is 84.0 Å². The average molecular weight is 506 g/mol. The van der Waals surface area contributed by atoms with Crippen molar-refractivity contribution < 1.29 is 0 Å². The van der Waals surface area contributed by atoms with Crippen LogP contribution in [0.2, 0.25) is 0 Å². The summed E-state index contributed by atoms with van der Waals surface area (Å²) in [6.45, 7) is 18.1. The van der Waals surface area contributed by atoms with E-state index >= 15 is 0 Å². The van der Waals surface area contributed by atoms with Crippen LogP contribution >= 0.6 is 11.3 Å². The molecule has 0 amide bonds. The smallest absolute Gasteiger partial charge is 0.0640 e. The van der Waals surface area contributed by atoms with Gasteiger partial charge in [0.1, 0.15) is 0 Å². The molecule has 2 heteroatoms. The molecule has 0 N–H and O–H groups in total. The van der Waals surface area contributed by atoms with Gasteiger partial charge in [-0.2, -0.15) is 0 Å². The third kappa shape index (κ3) is 5.05. The summed E-state index contributed by atoms with van der Waals surface area (Å²) in [4.78, 5) is 3.83.